The van der Waals surface area contributed by atoms with Crippen molar-refractivity contribution in [3.8, 4) is 0 Å². The highest BCUT2D eigenvalue weighted by Gasteiger charge is 2.17. The topological polar surface area (TPSA) is 61.6 Å². The van der Waals surface area contributed by atoms with Crippen molar-refractivity contribution in [3.63, 3.8) is 0 Å². The van der Waals surface area contributed by atoms with E-state index < -0.39 is 6.04 Å². The number of benzene rings is 1. The van der Waals surface area contributed by atoms with Gasteiger partial charge in [-0.05, 0) is 24.1 Å². The van der Waals surface area contributed by atoms with Crippen LogP contribution in [-0.2, 0) is 17.9 Å². The van der Waals surface area contributed by atoms with Crippen molar-refractivity contribution >= 4 is 5.91 Å². The monoisotopic (exact) mass is 332 g/mol. The Labute approximate surface area is 146 Å². The minimum atomic E-state index is -0.399. The molecule has 2 rings (SSSR count). The van der Waals surface area contributed by atoms with Crippen molar-refractivity contribution in [1.82, 2.24) is 15.1 Å². The van der Waals surface area contributed by atoms with Gasteiger partial charge in [-0.15, -0.1) is 0 Å². The fourth-order valence-corrected chi connectivity index (χ4v) is 3.14. The number of nitrogens with zero attached hydrogens (tertiary/aromatic N) is 2. The van der Waals surface area contributed by atoms with E-state index >= 15 is 0 Å². The van der Waals surface area contributed by atoms with E-state index in [9.17, 15) is 4.79 Å². The first kappa shape index (κ1) is 18.9. The summed E-state index contributed by atoms with van der Waals surface area (Å²) in [4.78, 5) is 17.0. The molecule has 1 aromatic carbocycles. The maximum atomic E-state index is 12.0. The minimum Gasteiger partial charge on any atom is -0.351 e. The normalized spacial score (nSPS) is 17.6. The number of piperazine rings is 1. The highest BCUT2D eigenvalue weighted by molar-refractivity contribution is 5.81. The number of carbonyl (C=O) groups is 1. The fourth-order valence-electron chi connectivity index (χ4n) is 3.14. The number of carbonyl (C=O) groups excluding carboxylic acids is 1. The van der Waals surface area contributed by atoms with Gasteiger partial charge in [-0.1, -0.05) is 44.5 Å². The third kappa shape index (κ3) is 5.58. The molecule has 1 amide bonds. The lowest BCUT2D eigenvalue weighted by Crippen LogP contribution is -2.45. The summed E-state index contributed by atoms with van der Waals surface area (Å²) in [7, 11) is 0. The van der Waals surface area contributed by atoms with Gasteiger partial charge in [0.25, 0.3) is 0 Å². The molecule has 24 heavy (non-hydrogen) atoms. The van der Waals surface area contributed by atoms with Crippen LogP contribution in [0.25, 0.3) is 0 Å². The lowest BCUT2D eigenvalue weighted by Gasteiger charge is -2.34. The van der Waals surface area contributed by atoms with Crippen LogP contribution in [0.2, 0.25) is 0 Å². The smallest absolute Gasteiger partial charge is 0.237 e. The Morgan fingerprint density at radius 3 is 2.38 bits per heavy atom. The fraction of sp³-hybridized carbons (Fsp3) is 0.632. The van der Waals surface area contributed by atoms with Gasteiger partial charge in [0.15, 0.2) is 0 Å². The van der Waals surface area contributed by atoms with E-state index in [-0.39, 0.29) is 5.91 Å². The van der Waals surface area contributed by atoms with Crippen LogP contribution < -0.4 is 11.1 Å². The van der Waals surface area contributed by atoms with Crippen molar-refractivity contribution in [3.05, 3.63) is 35.4 Å². The van der Waals surface area contributed by atoms with Crippen molar-refractivity contribution < 1.29 is 4.79 Å². The van der Waals surface area contributed by atoms with Crippen LogP contribution in [0, 0.1) is 0 Å². The first-order valence-corrected chi connectivity index (χ1v) is 9.18. The zero-order valence-corrected chi connectivity index (χ0v) is 15.1. The van der Waals surface area contributed by atoms with Crippen LogP contribution in [0.3, 0.4) is 0 Å². The maximum Gasteiger partial charge on any atom is 0.237 e. The van der Waals surface area contributed by atoms with E-state index in [1.165, 1.54) is 11.1 Å². The van der Waals surface area contributed by atoms with Crippen molar-refractivity contribution in [2.45, 2.75) is 45.8 Å². The lowest BCUT2D eigenvalue weighted by atomic mass is 10.1. The molecule has 0 spiro atoms. The van der Waals surface area contributed by atoms with E-state index in [4.69, 9.17) is 5.73 Å². The second-order valence-electron chi connectivity index (χ2n) is 6.59. The Morgan fingerprint density at radius 1 is 1.12 bits per heavy atom. The molecule has 1 saturated heterocycles. The summed E-state index contributed by atoms with van der Waals surface area (Å²) in [5.41, 5.74) is 8.37. The average Bonchev–Trinajstić information content (AvgIpc) is 2.61. The summed E-state index contributed by atoms with van der Waals surface area (Å²) in [6.07, 6.45) is 1.66. The number of nitrogens with two attached hydrogens (primary N) is 1. The van der Waals surface area contributed by atoms with Gasteiger partial charge in [-0.2, -0.15) is 0 Å². The van der Waals surface area contributed by atoms with Crippen LogP contribution in [0.4, 0.5) is 0 Å². The number of nitrogens with one attached hydrogen (secondary N) is 1. The van der Waals surface area contributed by atoms with Crippen molar-refractivity contribution in [2.24, 2.45) is 5.73 Å². The Hall–Kier alpha value is -1.43. The third-order valence-electron chi connectivity index (χ3n) is 4.81. The van der Waals surface area contributed by atoms with E-state index in [1.807, 2.05) is 13.0 Å². The van der Waals surface area contributed by atoms with Crippen molar-refractivity contribution in [1.29, 1.82) is 0 Å². The number of amides is 1. The van der Waals surface area contributed by atoms with Gasteiger partial charge in [0.2, 0.25) is 5.91 Å². The SMILES string of the molecule is CCCC(N)C(=O)NCc1ccccc1CN1CCN(CC)CC1. The van der Waals surface area contributed by atoms with Gasteiger partial charge >= 0.3 is 0 Å². The van der Waals surface area contributed by atoms with Gasteiger partial charge in [-0.25, -0.2) is 0 Å². The van der Waals surface area contributed by atoms with Gasteiger partial charge in [0, 0.05) is 39.3 Å². The second-order valence-corrected chi connectivity index (χ2v) is 6.59. The molecule has 5 heteroatoms. The molecular weight excluding hydrogens is 300 g/mol. The summed E-state index contributed by atoms with van der Waals surface area (Å²) in [5, 5.41) is 2.99. The van der Waals surface area contributed by atoms with Crippen LogP contribution in [-0.4, -0.2) is 54.5 Å². The van der Waals surface area contributed by atoms with Gasteiger partial charge in [0.05, 0.1) is 6.04 Å². The highest BCUT2D eigenvalue weighted by atomic mass is 16.2. The predicted octanol–water partition coefficient (Wildman–Crippen LogP) is 1.57. The lowest BCUT2D eigenvalue weighted by molar-refractivity contribution is -0.122. The number of hydrogen-bond acceptors (Lipinski definition) is 4. The molecule has 1 fully saturated rings. The molecule has 3 N–H and O–H groups in total. The molecule has 5 nitrogen and oxygen atoms in total. The largest absolute Gasteiger partial charge is 0.351 e. The Morgan fingerprint density at radius 2 is 1.75 bits per heavy atom. The summed E-state index contributed by atoms with van der Waals surface area (Å²) >= 11 is 0. The van der Waals surface area contributed by atoms with E-state index in [0.29, 0.717) is 6.54 Å². The quantitative estimate of drug-likeness (QED) is 0.758. The highest BCUT2D eigenvalue weighted by Crippen LogP contribution is 2.13. The summed E-state index contributed by atoms with van der Waals surface area (Å²) in [6, 6.07) is 7.98. The third-order valence-corrected chi connectivity index (χ3v) is 4.81. The van der Waals surface area contributed by atoms with E-state index in [0.717, 1.165) is 52.1 Å². The molecule has 1 aliphatic rings. The standard InChI is InChI=1S/C19H32N4O/c1-3-7-18(20)19(24)21-14-16-8-5-6-9-17(16)15-23-12-10-22(4-2)11-13-23/h5-6,8-9,18H,3-4,7,10-15,20H2,1-2H3,(H,21,24). The Bertz CT molecular complexity index is 512. The molecule has 134 valence electrons. The number of hydrogen-bond donors (Lipinski definition) is 2. The van der Waals surface area contributed by atoms with Crippen molar-refractivity contribution in [2.75, 3.05) is 32.7 Å². The molecule has 0 bridgehead atoms. The minimum absolute atomic E-state index is 0.0526. The van der Waals surface area contributed by atoms with Gasteiger partial charge in [-0.3, -0.25) is 9.69 Å². The summed E-state index contributed by atoms with van der Waals surface area (Å²) < 4.78 is 0. The molecule has 0 aromatic heterocycles. The molecule has 1 aliphatic heterocycles. The Kier molecular flexibility index (Phi) is 7.69. The Balaban J connectivity index is 1.89. The summed E-state index contributed by atoms with van der Waals surface area (Å²) in [6.45, 7) is 11.4. The molecule has 0 radical (unpaired) electrons. The number of likely N-dealkylation sites (N-methyl/N-ethyl adjacent to an activating group) is 1. The maximum absolute atomic E-state index is 12.0. The van der Waals surface area contributed by atoms with Gasteiger partial charge in [0.1, 0.15) is 0 Å². The molecular formula is C19H32N4O. The molecule has 1 aromatic rings. The first-order chi connectivity index (χ1) is 11.6. The van der Waals surface area contributed by atoms with Crippen LogP contribution >= 0.6 is 0 Å². The van der Waals surface area contributed by atoms with Crippen LogP contribution in [0.5, 0.6) is 0 Å². The van der Waals surface area contributed by atoms with Gasteiger partial charge < -0.3 is 16.0 Å². The molecule has 1 heterocycles. The molecule has 0 aliphatic carbocycles. The average molecular weight is 332 g/mol. The predicted molar refractivity (Wildman–Crippen MR) is 98.6 cm³/mol. The zero-order valence-electron chi connectivity index (χ0n) is 15.1. The molecule has 0 saturated carbocycles. The van der Waals surface area contributed by atoms with Crippen LogP contribution in [0.15, 0.2) is 24.3 Å². The van der Waals surface area contributed by atoms with E-state index in [2.05, 4.69) is 40.2 Å². The number of rotatable bonds is 8. The van der Waals surface area contributed by atoms with E-state index in [1.54, 1.807) is 0 Å². The zero-order chi connectivity index (χ0) is 17.4. The molecule has 1 atom stereocenters. The summed E-state index contributed by atoms with van der Waals surface area (Å²) in [5.74, 6) is -0.0526. The second kappa shape index (κ2) is 9.77. The van der Waals surface area contributed by atoms with Crippen LogP contribution in [0.1, 0.15) is 37.8 Å². The molecule has 1 unspecified atom stereocenters. The first-order valence-electron chi connectivity index (χ1n) is 9.18.